The van der Waals surface area contributed by atoms with E-state index in [0.29, 0.717) is 70.0 Å². The van der Waals surface area contributed by atoms with Gasteiger partial charge < -0.3 is 23.2 Å². The Hall–Kier alpha value is -8.33. The van der Waals surface area contributed by atoms with Gasteiger partial charge >= 0.3 is 28.5 Å². The van der Waals surface area contributed by atoms with Crippen molar-refractivity contribution >= 4 is 91.7 Å². The van der Waals surface area contributed by atoms with Gasteiger partial charge in [0.15, 0.2) is 23.2 Å². The molecule has 0 aliphatic heterocycles. The van der Waals surface area contributed by atoms with Crippen molar-refractivity contribution in [2.45, 2.75) is 66.9 Å². The van der Waals surface area contributed by atoms with Crippen molar-refractivity contribution in [1.29, 1.82) is 5.26 Å². The van der Waals surface area contributed by atoms with Crippen LogP contribution in [0.15, 0.2) is 78.9 Å². The summed E-state index contributed by atoms with van der Waals surface area (Å²) in [6.07, 6.45) is -0.0830. The number of fused-ring (bicyclic) bond motifs is 2. The average molecular weight is 1090 g/mol. The van der Waals surface area contributed by atoms with Crippen LogP contribution in [0.4, 0.5) is 22.7 Å². The summed E-state index contributed by atoms with van der Waals surface area (Å²) in [4.78, 5) is 40.5. The van der Waals surface area contributed by atoms with Gasteiger partial charge in [-0.25, -0.2) is 33.5 Å². The van der Waals surface area contributed by atoms with Gasteiger partial charge in [-0.1, -0.05) is 85.1 Å². The van der Waals surface area contributed by atoms with Gasteiger partial charge in [-0.2, -0.15) is 13.7 Å². The van der Waals surface area contributed by atoms with E-state index in [1.807, 2.05) is 77.9 Å². The van der Waals surface area contributed by atoms with Gasteiger partial charge in [0.25, 0.3) is 5.91 Å². The molecule has 8 aromatic rings. The Kier molecular flexibility index (Phi) is 17.2. The minimum Gasteiger partial charge on any atom is -0.480 e. The number of H-pyrrole nitrogens is 2. The number of hydrogen-bond acceptors (Lipinski definition) is 11. The summed E-state index contributed by atoms with van der Waals surface area (Å²) < 4.78 is 55.8. The van der Waals surface area contributed by atoms with E-state index in [2.05, 4.69) is 44.6 Å². The molecule has 75 heavy (non-hydrogen) atoms. The Morgan fingerprint density at radius 2 is 1.40 bits per heavy atom. The maximum atomic E-state index is 12.9. The van der Waals surface area contributed by atoms with Crippen LogP contribution in [-0.2, 0) is 32.1 Å². The molecule has 386 valence electrons. The van der Waals surface area contributed by atoms with Crippen molar-refractivity contribution in [2.24, 2.45) is 0 Å². The summed E-state index contributed by atoms with van der Waals surface area (Å²) in [6, 6.07) is 25.3. The molecule has 4 atom stereocenters. The molecule has 20 nitrogen and oxygen atoms in total. The highest BCUT2D eigenvalue weighted by molar-refractivity contribution is 7.82. The summed E-state index contributed by atoms with van der Waals surface area (Å²) in [6.45, 7) is 28.2. The number of carbonyl (C=O) groups excluding carboxylic acids is 2. The lowest BCUT2D eigenvalue weighted by Crippen LogP contribution is -2.39. The number of hydrogen-bond donors (Lipinski definition) is 5. The quantitative estimate of drug-likeness (QED) is 0.0424. The molecular formula is C51H48Cl2N12O8S2. The number of nitriles is 1. The summed E-state index contributed by atoms with van der Waals surface area (Å²) in [5.74, 6) is 1.24. The molecule has 0 aliphatic carbocycles. The van der Waals surface area contributed by atoms with Crippen molar-refractivity contribution in [3.63, 3.8) is 0 Å². The maximum absolute atomic E-state index is 12.9. The first kappa shape index (κ1) is 54.4. The van der Waals surface area contributed by atoms with Gasteiger partial charge in [0.2, 0.25) is 11.4 Å². The fourth-order valence-electron chi connectivity index (χ4n) is 7.44. The molecule has 4 aromatic carbocycles. The third-order valence-electron chi connectivity index (χ3n) is 11.5. The number of amides is 1. The highest BCUT2D eigenvalue weighted by Gasteiger charge is 2.28. The molecule has 24 heteroatoms. The third-order valence-corrected chi connectivity index (χ3v) is 13.6. The smallest absolute Gasteiger partial charge is 0.331 e. The predicted octanol–water partition coefficient (Wildman–Crippen LogP) is 10.8. The van der Waals surface area contributed by atoms with Crippen LogP contribution < -0.4 is 27.9 Å². The van der Waals surface area contributed by atoms with E-state index in [1.165, 1.54) is 16.1 Å². The summed E-state index contributed by atoms with van der Waals surface area (Å²) in [5, 5.41) is 18.3. The van der Waals surface area contributed by atoms with Crippen LogP contribution in [0.5, 0.6) is 17.2 Å². The minimum atomic E-state index is -2.02. The molecule has 5 N–H and O–H groups in total. The predicted molar refractivity (Wildman–Crippen MR) is 287 cm³/mol. The number of anilines is 2. The first-order valence-electron chi connectivity index (χ1n) is 22.7. The van der Waals surface area contributed by atoms with E-state index < -0.39 is 34.6 Å². The molecule has 0 fully saturated rings. The number of nitrogens with zero attached hydrogens (tertiary/aromatic N) is 7. The van der Waals surface area contributed by atoms with Gasteiger partial charge in [0.05, 0.1) is 37.7 Å². The maximum Gasteiger partial charge on any atom is 0.331 e. The van der Waals surface area contributed by atoms with Gasteiger partial charge in [-0.3, -0.25) is 24.4 Å². The lowest BCUT2D eigenvalue weighted by atomic mass is 10.1. The van der Waals surface area contributed by atoms with Gasteiger partial charge in [0.1, 0.15) is 44.5 Å². The van der Waals surface area contributed by atoms with Crippen LogP contribution >= 0.6 is 23.2 Å². The van der Waals surface area contributed by atoms with Gasteiger partial charge in [-0.05, 0) is 93.6 Å². The highest BCUT2D eigenvalue weighted by Crippen LogP contribution is 2.37. The van der Waals surface area contributed by atoms with E-state index in [1.54, 1.807) is 55.5 Å². The third kappa shape index (κ3) is 12.2. The fourth-order valence-corrected chi connectivity index (χ4v) is 9.37. The van der Waals surface area contributed by atoms with Crippen LogP contribution in [0, 0.1) is 59.1 Å². The van der Waals surface area contributed by atoms with E-state index in [-0.39, 0.29) is 50.3 Å². The standard InChI is InChI=1S/C29H25ClN6O6S2.C22H23ClN6O2/c1-16-9-10-17(2)22(13-16)41-44(39)35-21-12-11-18(3)23(15-21)42-43(38)34-20-8-6-7-19(14-20)27-32-28-24(29(37)40-5)25(31-4)26(30)36(28)33-27;1-6-16(31-17-8-7-12(2)9-13(17)3)22(30)26-11-14(4)20-27-21-15(10-24)18(25-5)19(23)29(21)28-20/h6-15,34-35H,1-3,5H3,(H,32,33);7-9,14,16H,6,11H2,1-4H3,(H,26,30)(H,27,28). The van der Waals surface area contributed by atoms with Crippen molar-refractivity contribution < 1.29 is 35.8 Å². The fraction of sp³-hybridized carbons (Fsp3) is 0.235. The Bertz CT molecular complexity index is 3680. The molecule has 8 rings (SSSR count). The zero-order valence-electron chi connectivity index (χ0n) is 41.5. The largest absolute Gasteiger partial charge is 0.480 e. The number of halogens is 2. The molecule has 0 saturated heterocycles. The van der Waals surface area contributed by atoms with E-state index >= 15 is 0 Å². The second-order valence-corrected chi connectivity index (χ2v) is 19.4. The molecule has 0 aliphatic rings. The van der Waals surface area contributed by atoms with Crippen molar-refractivity contribution in [2.75, 3.05) is 23.1 Å². The lowest BCUT2D eigenvalue weighted by molar-refractivity contribution is -0.128. The number of carbonyl (C=O) groups is 2. The highest BCUT2D eigenvalue weighted by atomic mass is 35.5. The Balaban J connectivity index is 0.000000233. The molecule has 1 amide bonds. The molecule has 0 bridgehead atoms. The molecular weight excluding hydrogens is 1040 g/mol. The molecule has 4 heterocycles. The summed E-state index contributed by atoms with van der Waals surface area (Å²) >= 11 is 8.60. The number of methoxy groups -OCH3 is 1. The van der Waals surface area contributed by atoms with Gasteiger partial charge in [-0.15, -0.1) is 0 Å². The Morgan fingerprint density at radius 1 is 0.787 bits per heavy atom. The Morgan fingerprint density at radius 3 is 2.04 bits per heavy atom. The van der Waals surface area contributed by atoms with Crippen LogP contribution in [0.1, 0.15) is 75.7 Å². The van der Waals surface area contributed by atoms with E-state index in [0.717, 1.165) is 22.3 Å². The topological polar surface area (TPSA) is 240 Å². The van der Waals surface area contributed by atoms with Gasteiger partial charge in [0, 0.05) is 24.1 Å². The van der Waals surface area contributed by atoms with Crippen LogP contribution in [-0.4, -0.2) is 69.2 Å². The monoisotopic (exact) mass is 1090 g/mol. The molecule has 0 spiro atoms. The number of benzene rings is 4. The number of nitrogens with one attached hydrogen (secondary N) is 5. The van der Waals surface area contributed by atoms with Crippen molar-refractivity contribution in [3.05, 3.63) is 157 Å². The van der Waals surface area contributed by atoms with Crippen LogP contribution in [0.3, 0.4) is 0 Å². The molecule has 4 aromatic heterocycles. The number of ether oxygens (including phenoxy) is 2. The second kappa shape index (κ2) is 23.7. The summed E-state index contributed by atoms with van der Waals surface area (Å²) in [5.41, 5.74) is 6.61. The van der Waals surface area contributed by atoms with Crippen molar-refractivity contribution in [1.82, 2.24) is 34.5 Å². The normalized spacial score (nSPS) is 12.5. The molecule has 0 radical (unpaired) electrons. The van der Waals surface area contributed by atoms with Crippen LogP contribution in [0.25, 0.3) is 32.4 Å². The number of rotatable bonds is 17. The van der Waals surface area contributed by atoms with Crippen LogP contribution in [0.2, 0.25) is 10.3 Å². The number of esters is 1. The average Bonchev–Trinajstić information content (AvgIpc) is 4.16. The zero-order chi connectivity index (χ0) is 54.2. The lowest BCUT2D eigenvalue weighted by Gasteiger charge is -2.19. The second-order valence-electron chi connectivity index (χ2n) is 17.0. The van der Waals surface area contributed by atoms with E-state index in [9.17, 15) is 23.3 Å². The number of aromatic nitrogens is 6. The zero-order valence-corrected chi connectivity index (χ0v) is 44.7. The SMILES string of the molecule is [C-]#[N+]c1c(C#N)c2nc(C(C)CNC(=O)C(CC)Oc3ccc(C)cc3C)[nH]n2c1Cl.[C-]#[N+]c1c(C(=O)OC)c2nc(-c3cccc(NS(=O)Oc4cc(NS(=O)Oc5cc(C)ccc5C)ccc4C)c3)[nH]n2c1Cl. The molecule has 0 saturated carbocycles. The number of aryl methyl sites for hydroxylation is 5. The Labute approximate surface area is 446 Å². The first-order chi connectivity index (χ1) is 35.9. The van der Waals surface area contributed by atoms with Crippen molar-refractivity contribution in [3.8, 4) is 34.7 Å². The molecule has 4 unspecified atom stereocenters. The van der Waals surface area contributed by atoms with E-state index in [4.69, 9.17) is 54.2 Å². The minimum absolute atomic E-state index is 0.00861. The summed E-state index contributed by atoms with van der Waals surface area (Å²) in [7, 11) is 1.20. The first-order valence-corrected chi connectivity index (χ1v) is 25.6. The number of aromatic amines is 2.